The molecule has 6 nitrogen and oxygen atoms in total. The molecule has 0 unspecified atom stereocenters. The number of benzene rings is 2. The maximum absolute atomic E-state index is 15.1. The molecule has 1 aromatic heterocycles. The van der Waals surface area contributed by atoms with Gasteiger partial charge < -0.3 is 15.0 Å². The van der Waals surface area contributed by atoms with Crippen molar-refractivity contribution in [3.63, 3.8) is 0 Å². The molecule has 2 aromatic carbocycles. The van der Waals surface area contributed by atoms with Crippen molar-refractivity contribution in [2.75, 3.05) is 0 Å². The molecule has 32 heavy (non-hydrogen) atoms. The molecule has 0 radical (unpaired) electrons. The monoisotopic (exact) mass is 492 g/mol. The summed E-state index contributed by atoms with van der Waals surface area (Å²) in [5, 5.41) is 11.8. The van der Waals surface area contributed by atoms with Gasteiger partial charge in [-0.3, -0.25) is 4.79 Å². The van der Waals surface area contributed by atoms with Gasteiger partial charge in [0.1, 0.15) is 16.7 Å². The number of aromatic nitrogens is 2. The van der Waals surface area contributed by atoms with Crippen LogP contribution in [0.4, 0.5) is 4.39 Å². The van der Waals surface area contributed by atoms with Gasteiger partial charge in [0.05, 0.1) is 11.1 Å². The Labute approximate surface area is 198 Å². The van der Waals surface area contributed by atoms with Gasteiger partial charge in [-0.05, 0) is 35.9 Å². The van der Waals surface area contributed by atoms with Crippen molar-refractivity contribution in [1.29, 1.82) is 5.26 Å². The number of nitriles is 1. The zero-order chi connectivity index (χ0) is 23.3. The Balaban J connectivity index is 1.81. The lowest BCUT2D eigenvalue weighted by Gasteiger charge is -2.13. The van der Waals surface area contributed by atoms with Gasteiger partial charge in [-0.1, -0.05) is 47.8 Å². The smallest absolute Gasteiger partial charge is 0.273 e. The van der Waals surface area contributed by atoms with E-state index in [1.807, 2.05) is 13.0 Å². The molecule has 0 atom stereocenters. The summed E-state index contributed by atoms with van der Waals surface area (Å²) in [6, 6.07) is 9.46. The molecule has 2 N–H and O–H groups in total. The molecule has 0 saturated carbocycles. The van der Waals surface area contributed by atoms with Gasteiger partial charge in [0, 0.05) is 29.6 Å². The minimum Gasteiger partial charge on any atom is -0.453 e. The summed E-state index contributed by atoms with van der Waals surface area (Å²) in [7, 11) is 0. The highest BCUT2D eigenvalue weighted by Gasteiger charge is 2.19. The summed E-state index contributed by atoms with van der Waals surface area (Å²) >= 11 is 18.2. The first-order valence-corrected chi connectivity index (χ1v) is 10.5. The average Bonchev–Trinajstić information content (AvgIpc) is 3.15. The third-order valence-electron chi connectivity index (χ3n) is 4.29. The number of allylic oxidation sites excluding steroid dienone is 1. The van der Waals surface area contributed by atoms with Crippen molar-refractivity contribution in [2.24, 2.45) is 0 Å². The summed E-state index contributed by atoms with van der Waals surface area (Å²) in [5.41, 5.74) is 0.773. The number of carbonyl (C=O) groups excluding carboxylic acids is 1. The van der Waals surface area contributed by atoms with E-state index >= 15 is 4.39 Å². The van der Waals surface area contributed by atoms with Gasteiger partial charge in [-0.15, -0.1) is 0 Å². The second-order valence-corrected chi connectivity index (χ2v) is 7.74. The predicted molar refractivity (Wildman–Crippen MR) is 122 cm³/mol. The highest BCUT2D eigenvalue weighted by Crippen LogP contribution is 2.35. The predicted octanol–water partition coefficient (Wildman–Crippen LogP) is 6.33. The molecule has 0 aliphatic carbocycles. The van der Waals surface area contributed by atoms with Crippen molar-refractivity contribution in [3.8, 4) is 17.6 Å². The summed E-state index contributed by atoms with van der Waals surface area (Å²) < 4.78 is 20.8. The Bertz CT molecular complexity index is 1230. The van der Waals surface area contributed by atoms with Crippen LogP contribution < -0.4 is 10.1 Å². The van der Waals surface area contributed by atoms with E-state index in [-0.39, 0.29) is 39.5 Å². The number of rotatable bonds is 7. The van der Waals surface area contributed by atoms with Crippen LogP contribution in [0.1, 0.15) is 34.4 Å². The molecule has 164 valence electrons. The molecule has 0 aliphatic heterocycles. The number of hydrogen-bond donors (Lipinski definition) is 2. The van der Waals surface area contributed by atoms with Gasteiger partial charge in [0.25, 0.3) is 5.91 Å². The molecule has 1 heterocycles. The highest BCUT2D eigenvalue weighted by atomic mass is 35.5. The minimum atomic E-state index is -0.741. The van der Waals surface area contributed by atoms with E-state index in [9.17, 15) is 4.79 Å². The maximum Gasteiger partial charge on any atom is 0.273 e. The molecule has 3 aromatic rings. The first-order valence-electron chi connectivity index (χ1n) is 9.36. The Kier molecular flexibility index (Phi) is 7.75. The van der Waals surface area contributed by atoms with Gasteiger partial charge in [0.15, 0.2) is 17.3 Å². The number of ether oxygens (including phenoxy) is 1. The van der Waals surface area contributed by atoms with E-state index in [4.69, 9.17) is 44.8 Å². The number of H-pyrrole nitrogens is 1. The standard InChI is InChI=1S/C22H16Cl3FN4O2/c1-2-17-29-19(21(25)30-17)22(31)28-11-13-5-6-16(24)20(18(13)26)32-15-9-12(4-3-7-27)8-14(23)10-15/h3-6,8-10H,2,11H2,1H3,(H,28,31)(H,29,30). The summed E-state index contributed by atoms with van der Waals surface area (Å²) in [6.45, 7) is 1.72. The molecule has 0 fully saturated rings. The van der Waals surface area contributed by atoms with Gasteiger partial charge >= 0.3 is 0 Å². The summed E-state index contributed by atoms with van der Waals surface area (Å²) in [5.74, 6) is -0.714. The first kappa shape index (κ1) is 23.6. The van der Waals surface area contributed by atoms with Crippen LogP contribution in [0, 0.1) is 17.1 Å². The van der Waals surface area contributed by atoms with Crippen molar-refractivity contribution < 1.29 is 13.9 Å². The SMILES string of the molecule is CCc1nc(C(=O)NCc2ccc(Cl)c(Oc3cc(Cl)cc(C=CC#N)c3)c2F)c(Cl)[nH]1. The van der Waals surface area contributed by atoms with E-state index in [1.54, 1.807) is 12.1 Å². The van der Waals surface area contributed by atoms with Gasteiger partial charge in [-0.25, -0.2) is 9.37 Å². The van der Waals surface area contributed by atoms with E-state index in [1.165, 1.54) is 30.4 Å². The lowest BCUT2D eigenvalue weighted by Crippen LogP contribution is -2.24. The fraction of sp³-hybridized carbons (Fsp3) is 0.136. The second kappa shape index (κ2) is 10.5. The van der Waals surface area contributed by atoms with Crippen LogP contribution in [-0.4, -0.2) is 15.9 Å². The zero-order valence-corrected chi connectivity index (χ0v) is 18.9. The van der Waals surface area contributed by atoms with Crippen LogP contribution in [-0.2, 0) is 13.0 Å². The molecular weight excluding hydrogens is 478 g/mol. The molecule has 0 saturated heterocycles. The zero-order valence-electron chi connectivity index (χ0n) is 16.7. The van der Waals surface area contributed by atoms with E-state index < -0.39 is 11.7 Å². The van der Waals surface area contributed by atoms with Crippen molar-refractivity contribution >= 4 is 46.8 Å². The molecule has 3 rings (SSSR count). The second-order valence-electron chi connectivity index (χ2n) is 6.52. The van der Waals surface area contributed by atoms with Crippen LogP contribution in [0.25, 0.3) is 6.08 Å². The third-order valence-corrected chi connectivity index (χ3v) is 5.08. The Morgan fingerprint density at radius 2 is 2.09 bits per heavy atom. The van der Waals surface area contributed by atoms with E-state index in [0.717, 1.165) is 0 Å². The largest absolute Gasteiger partial charge is 0.453 e. The molecular formula is C22H16Cl3FN4O2. The summed E-state index contributed by atoms with van der Waals surface area (Å²) in [4.78, 5) is 19.3. The number of carbonyl (C=O) groups is 1. The highest BCUT2D eigenvalue weighted by molar-refractivity contribution is 6.32. The topological polar surface area (TPSA) is 90.8 Å². The third kappa shape index (κ3) is 5.60. The van der Waals surface area contributed by atoms with E-state index in [2.05, 4.69) is 15.3 Å². The average molecular weight is 494 g/mol. The molecule has 0 bridgehead atoms. The Morgan fingerprint density at radius 3 is 2.78 bits per heavy atom. The number of imidazole rings is 1. The lowest BCUT2D eigenvalue weighted by atomic mass is 10.1. The number of nitrogens with zero attached hydrogens (tertiary/aromatic N) is 2. The van der Waals surface area contributed by atoms with Crippen LogP contribution >= 0.6 is 34.8 Å². The number of hydrogen-bond acceptors (Lipinski definition) is 4. The normalized spacial score (nSPS) is 10.9. The maximum atomic E-state index is 15.1. The quantitative estimate of drug-likeness (QED) is 0.376. The number of halogens is 4. The van der Waals surface area contributed by atoms with Crippen molar-refractivity contribution in [3.05, 3.63) is 80.1 Å². The Morgan fingerprint density at radius 1 is 1.31 bits per heavy atom. The minimum absolute atomic E-state index is 0.0336. The van der Waals surface area contributed by atoms with Gasteiger partial charge in [0.2, 0.25) is 0 Å². The van der Waals surface area contributed by atoms with Crippen LogP contribution in [0.5, 0.6) is 11.5 Å². The molecule has 1 amide bonds. The Hall–Kier alpha value is -3.05. The van der Waals surface area contributed by atoms with Crippen molar-refractivity contribution in [1.82, 2.24) is 15.3 Å². The molecule has 0 spiro atoms. The van der Waals surface area contributed by atoms with Crippen molar-refractivity contribution in [2.45, 2.75) is 19.9 Å². The number of nitrogens with one attached hydrogen (secondary N) is 2. The van der Waals surface area contributed by atoms with Crippen LogP contribution in [0.15, 0.2) is 36.4 Å². The number of aryl methyl sites for hydroxylation is 1. The summed E-state index contributed by atoms with van der Waals surface area (Å²) in [6.07, 6.45) is 3.39. The molecule has 0 aliphatic rings. The van der Waals surface area contributed by atoms with E-state index in [0.29, 0.717) is 22.8 Å². The van der Waals surface area contributed by atoms with Gasteiger partial charge in [-0.2, -0.15) is 5.26 Å². The fourth-order valence-electron chi connectivity index (χ4n) is 2.77. The lowest BCUT2D eigenvalue weighted by molar-refractivity contribution is 0.0946. The first-order chi connectivity index (χ1) is 15.3. The molecule has 10 heteroatoms. The van der Waals surface area contributed by atoms with Crippen LogP contribution in [0.3, 0.4) is 0 Å². The van der Waals surface area contributed by atoms with Crippen LogP contribution in [0.2, 0.25) is 15.2 Å². The fourth-order valence-corrected chi connectivity index (χ4v) is 3.42. The number of amides is 1. The number of aromatic amines is 1.